The molecule has 0 heterocycles. The summed E-state index contributed by atoms with van der Waals surface area (Å²) in [7, 11) is 2.64. The first-order chi connectivity index (χ1) is 7.60. The predicted octanol–water partition coefficient (Wildman–Crippen LogP) is 2.09. The second-order valence-electron chi connectivity index (χ2n) is 3.40. The summed E-state index contributed by atoms with van der Waals surface area (Å²) < 4.78 is 9.27. The molecule has 0 aromatic rings. The lowest BCUT2D eigenvalue weighted by atomic mass is 9.93. The highest BCUT2D eigenvalue weighted by Crippen LogP contribution is 2.21. The Bertz CT molecular complexity index is 268. The Morgan fingerprint density at radius 2 is 1.81 bits per heavy atom. The average molecular weight is 228 g/mol. The van der Waals surface area contributed by atoms with E-state index in [1.54, 1.807) is 0 Å². The van der Waals surface area contributed by atoms with E-state index in [0.29, 0.717) is 0 Å². The van der Waals surface area contributed by atoms with Crippen molar-refractivity contribution in [3.63, 3.8) is 0 Å². The van der Waals surface area contributed by atoms with Crippen LogP contribution in [0, 0.1) is 5.92 Å². The highest BCUT2D eigenvalue weighted by molar-refractivity contribution is 5.82. The van der Waals surface area contributed by atoms with Gasteiger partial charge in [-0.15, -0.1) is 0 Å². The molecule has 0 aromatic heterocycles. The number of hydrogen-bond donors (Lipinski definition) is 0. The molecule has 0 aliphatic carbocycles. The van der Waals surface area contributed by atoms with Crippen LogP contribution >= 0.6 is 0 Å². The van der Waals surface area contributed by atoms with Crippen molar-refractivity contribution in [3.05, 3.63) is 11.6 Å². The van der Waals surface area contributed by atoms with Gasteiger partial charge in [0.2, 0.25) is 0 Å². The Balaban J connectivity index is 4.84. The van der Waals surface area contributed by atoms with Crippen molar-refractivity contribution in [2.75, 3.05) is 14.2 Å². The third-order valence-electron chi connectivity index (χ3n) is 2.41. The third-order valence-corrected chi connectivity index (χ3v) is 2.41. The van der Waals surface area contributed by atoms with Crippen LogP contribution in [0.5, 0.6) is 0 Å². The SMILES string of the molecule is CCC=C(CC)C(CC(=O)OC)C(=O)OC. The number of ether oxygens (including phenoxy) is 2. The van der Waals surface area contributed by atoms with Crippen LogP contribution in [0.25, 0.3) is 0 Å². The lowest BCUT2D eigenvalue weighted by Crippen LogP contribution is -2.22. The van der Waals surface area contributed by atoms with Crippen molar-refractivity contribution in [1.82, 2.24) is 0 Å². The summed E-state index contributed by atoms with van der Waals surface area (Å²) in [6, 6.07) is 0. The predicted molar refractivity (Wildman–Crippen MR) is 60.8 cm³/mol. The van der Waals surface area contributed by atoms with E-state index in [2.05, 4.69) is 4.74 Å². The van der Waals surface area contributed by atoms with Gasteiger partial charge in [-0.1, -0.05) is 25.5 Å². The summed E-state index contributed by atoms with van der Waals surface area (Å²) in [5, 5.41) is 0. The van der Waals surface area contributed by atoms with Crippen molar-refractivity contribution in [2.45, 2.75) is 33.1 Å². The molecule has 0 aliphatic rings. The van der Waals surface area contributed by atoms with Gasteiger partial charge in [-0.25, -0.2) is 0 Å². The van der Waals surface area contributed by atoms with Crippen LogP contribution in [0.15, 0.2) is 11.6 Å². The second-order valence-corrected chi connectivity index (χ2v) is 3.40. The van der Waals surface area contributed by atoms with Crippen molar-refractivity contribution < 1.29 is 19.1 Å². The molecule has 0 N–H and O–H groups in total. The van der Waals surface area contributed by atoms with Gasteiger partial charge >= 0.3 is 11.9 Å². The monoisotopic (exact) mass is 228 g/mol. The fourth-order valence-corrected chi connectivity index (χ4v) is 1.55. The molecular formula is C12H20O4. The highest BCUT2D eigenvalue weighted by atomic mass is 16.5. The smallest absolute Gasteiger partial charge is 0.313 e. The van der Waals surface area contributed by atoms with Crippen molar-refractivity contribution in [3.8, 4) is 0 Å². The quantitative estimate of drug-likeness (QED) is 0.516. The van der Waals surface area contributed by atoms with Crippen molar-refractivity contribution in [2.24, 2.45) is 5.92 Å². The minimum absolute atomic E-state index is 0.0445. The van der Waals surface area contributed by atoms with E-state index in [-0.39, 0.29) is 12.4 Å². The van der Waals surface area contributed by atoms with Crippen LogP contribution in [0.2, 0.25) is 0 Å². The second kappa shape index (κ2) is 7.91. The maximum atomic E-state index is 11.6. The van der Waals surface area contributed by atoms with Gasteiger partial charge in [-0.05, 0) is 12.8 Å². The molecule has 0 radical (unpaired) electrons. The number of rotatable bonds is 6. The lowest BCUT2D eigenvalue weighted by molar-refractivity contribution is -0.150. The number of carbonyl (C=O) groups is 2. The molecule has 0 bridgehead atoms. The Morgan fingerprint density at radius 3 is 2.19 bits per heavy atom. The van der Waals surface area contributed by atoms with Crippen molar-refractivity contribution >= 4 is 11.9 Å². The van der Waals surface area contributed by atoms with Crippen LogP contribution in [0.3, 0.4) is 0 Å². The fraction of sp³-hybridized carbons (Fsp3) is 0.667. The van der Waals surface area contributed by atoms with E-state index in [4.69, 9.17) is 4.74 Å². The normalized spacial score (nSPS) is 13.1. The molecule has 1 unspecified atom stereocenters. The lowest BCUT2D eigenvalue weighted by Gasteiger charge is -2.16. The molecule has 4 heteroatoms. The molecule has 0 saturated carbocycles. The van der Waals surface area contributed by atoms with Crippen LogP contribution in [-0.4, -0.2) is 26.2 Å². The van der Waals surface area contributed by atoms with E-state index >= 15 is 0 Å². The Labute approximate surface area is 96.6 Å². The van der Waals surface area contributed by atoms with Gasteiger partial charge in [0.1, 0.15) is 0 Å². The molecule has 0 aliphatic heterocycles. The molecule has 0 rings (SSSR count). The van der Waals surface area contributed by atoms with Crippen LogP contribution in [0.1, 0.15) is 33.1 Å². The zero-order valence-electron chi connectivity index (χ0n) is 10.4. The van der Waals surface area contributed by atoms with E-state index < -0.39 is 11.9 Å². The highest BCUT2D eigenvalue weighted by Gasteiger charge is 2.25. The topological polar surface area (TPSA) is 52.6 Å². The number of methoxy groups -OCH3 is 2. The first-order valence-corrected chi connectivity index (χ1v) is 5.44. The minimum Gasteiger partial charge on any atom is -0.469 e. The van der Waals surface area contributed by atoms with E-state index in [9.17, 15) is 9.59 Å². The molecule has 0 aromatic carbocycles. The molecule has 0 spiro atoms. The van der Waals surface area contributed by atoms with E-state index in [1.165, 1.54) is 14.2 Å². The summed E-state index contributed by atoms with van der Waals surface area (Å²) in [6.45, 7) is 3.94. The maximum absolute atomic E-state index is 11.6. The van der Waals surface area contributed by atoms with Crippen LogP contribution in [0.4, 0.5) is 0 Å². The zero-order valence-corrected chi connectivity index (χ0v) is 10.4. The van der Waals surface area contributed by atoms with Crippen molar-refractivity contribution in [1.29, 1.82) is 0 Å². The summed E-state index contributed by atoms with van der Waals surface area (Å²) >= 11 is 0. The molecule has 1 atom stereocenters. The molecule has 0 amide bonds. The summed E-state index contributed by atoms with van der Waals surface area (Å²) in [4.78, 5) is 22.8. The molecule has 92 valence electrons. The molecule has 16 heavy (non-hydrogen) atoms. The molecule has 0 fully saturated rings. The third kappa shape index (κ3) is 4.47. The van der Waals surface area contributed by atoms with Gasteiger partial charge in [0, 0.05) is 0 Å². The minimum atomic E-state index is -0.512. The molecule has 0 saturated heterocycles. The van der Waals surface area contributed by atoms with E-state index in [1.807, 2.05) is 19.9 Å². The van der Waals surface area contributed by atoms with Gasteiger partial charge in [-0.3, -0.25) is 9.59 Å². The van der Waals surface area contributed by atoms with Gasteiger partial charge in [0.15, 0.2) is 0 Å². The summed E-state index contributed by atoms with van der Waals surface area (Å²) in [5.74, 6) is -1.29. The Hall–Kier alpha value is -1.32. The van der Waals surface area contributed by atoms with Gasteiger partial charge in [0.25, 0.3) is 0 Å². The zero-order chi connectivity index (χ0) is 12.6. The largest absolute Gasteiger partial charge is 0.469 e. The van der Waals surface area contributed by atoms with Crippen LogP contribution < -0.4 is 0 Å². The van der Waals surface area contributed by atoms with Crippen LogP contribution in [-0.2, 0) is 19.1 Å². The summed E-state index contributed by atoms with van der Waals surface area (Å²) in [5.41, 5.74) is 0.930. The Morgan fingerprint density at radius 1 is 1.19 bits per heavy atom. The molecule has 4 nitrogen and oxygen atoms in total. The first kappa shape index (κ1) is 14.7. The van der Waals surface area contributed by atoms with E-state index in [0.717, 1.165) is 18.4 Å². The average Bonchev–Trinajstić information content (AvgIpc) is 2.32. The number of hydrogen-bond acceptors (Lipinski definition) is 4. The molecular weight excluding hydrogens is 208 g/mol. The Kier molecular flexibility index (Phi) is 7.25. The first-order valence-electron chi connectivity index (χ1n) is 5.44. The summed E-state index contributed by atoms with van der Waals surface area (Å²) in [6.07, 6.45) is 3.57. The number of carbonyl (C=O) groups excluding carboxylic acids is 2. The number of allylic oxidation sites excluding steroid dienone is 1. The van der Waals surface area contributed by atoms with Gasteiger partial charge in [-0.2, -0.15) is 0 Å². The van der Waals surface area contributed by atoms with Gasteiger partial charge in [0.05, 0.1) is 26.6 Å². The number of esters is 2. The fourth-order valence-electron chi connectivity index (χ4n) is 1.55. The van der Waals surface area contributed by atoms with Gasteiger partial charge < -0.3 is 9.47 Å². The standard InChI is InChI=1S/C12H20O4/c1-5-7-9(6-2)10(12(14)16-4)8-11(13)15-3/h7,10H,5-6,8H2,1-4H3. The maximum Gasteiger partial charge on any atom is 0.313 e.